The van der Waals surface area contributed by atoms with Gasteiger partial charge in [-0.3, -0.25) is 4.79 Å². The predicted octanol–water partition coefficient (Wildman–Crippen LogP) is 0.669. The summed E-state index contributed by atoms with van der Waals surface area (Å²) in [6, 6.07) is 10.9. The van der Waals surface area contributed by atoms with E-state index >= 15 is 0 Å². The summed E-state index contributed by atoms with van der Waals surface area (Å²) in [4.78, 5) is 36.7. The molecule has 0 heterocycles. The van der Waals surface area contributed by atoms with Gasteiger partial charge in [0.05, 0.1) is 6.54 Å². The van der Waals surface area contributed by atoms with Crippen LogP contribution in [-0.4, -0.2) is 63.0 Å². The van der Waals surface area contributed by atoms with E-state index in [1.54, 1.807) is 19.9 Å². The van der Waals surface area contributed by atoms with Crippen molar-refractivity contribution in [3.8, 4) is 0 Å². The molecular weight excluding hydrogens is 390 g/mol. The van der Waals surface area contributed by atoms with Gasteiger partial charge in [0.15, 0.2) is 0 Å². The Kier molecular flexibility index (Phi) is 7.36. The maximum absolute atomic E-state index is 12.7. The zero-order valence-corrected chi connectivity index (χ0v) is 16.9. The Morgan fingerprint density at radius 2 is 1.73 bits per heavy atom. The smallest absolute Gasteiger partial charge is 0.326 e. The molecule has 1 unspecified atom stereocenters. The number of benzene rings is 2. The number of aliphatic hydroxyl groups is 2. The summed E-state index contributed by atoms with van der Waals surface area (Å²) in [7, 11) is 0. The molecule has 0 aliphatic carbocycles. The van der Waals surface area contributed by atoms with E-state index < -0.39 is 36.3 Å². The Morgan fingerprint density at radius 3 is 2.33 bits per heavy atom. The quantitative estimate of drug-likeness (QED) is 0.378. The van der Waals surface area contributed by atoms with E-state index in [1.165, 1.54) is 0 Å². The highest BCUT2D eigenvalue weighted by Gasteiger charge is 2.36. The molecule has 2 aromatic rings. The minimum atomic E-state index is -2.93. The average molecular weight is 417 g/mol. The number of carboxylic acids is 1. The Bertz CT molecular complexity index is 923. The van der Waals surface area contributed by atoms with Crippen molar-refractivity contribution in [1.29, 1.82) is 0 Å². The van der Waals surface area contributed by atoms with E-state index in [2.05, 4.69) is 5.32 Å². The summed E-state index contributed by atoms with van der Waals surface area (Å²) < 4.78 is 0. The maximum Gasteiger partial charge on any atom is 0.326 e. The van der Waals surface area contributed by atoms with Crippen molar-refractivity contribution in [2.45, 2.75) is 32.1 Å². The number of rotatable bonds is 9. The van der Waals surface area contributed by atoms with Gasteiger partial charge in [-0.15, -0.1) is 0 Å². The van der Waals surface area contributed by atoms with E-state index in [4.69, 9.17) is 5.73 Å². The summed E-state index contributed by atoms with van der Waals surface area (Å²) in [5.41, 5.74) is 5.71. The molecular formula is C21H27N3O6. The topological polar surface area (TPSA) is 153 Å². The minimum Gasteiger partial charge on any atom is -0.480 e. The first-order chi connectivity index (χ1) is 14.0. The lowest BCUT2D eigenvalue weighted by Crippen LogP contribution is -2.57. The van der Waals surface area contributed by atoms with Crippen LogP contribution in [0.15, 0.2) is 42.5 Å². The van der Waals surface area contributed by atoms with Crippen LogP contribution in [0.5, 0.6) is 0 Å². The second kappa shape index (κ2) is 9.55. The van der Waals surface area contributed by atoms with Gasteiger partial charge in [-0.2, -0.15) is 0 Å². The Labute approximate surface area is 174 Å². The number of nitrogens with one attached hydrogen (secondary N) is 1. The van der Waals surface area contributed by atoms with E-state index in [-0.39, 0.29) is 18.9 Å². The maximum atomic E-state index is 12.7. The molecule has 0 aliphatic rings. The number of carbonyl (C=O) groups excluding carboxylic acids is 2. The first kappa shape index (κ1) is 23.1. The molecule has 3 amide bonds. The number of nitrogens with two attached hydrogens (primary N) is 1. The van der Waals surface area contributed by atoms with Gasteiger partial charge in [-0.1, -0.05) is 56.3 Å². The summed E-state index contributed by atoms with van der Waals surface area (Å²) in [6.45, 7) is 2.84. The Balaban J connectivity index is 2.23. The Hall–Kier alpha value is -3.17. The van der Waals surface area contributed by atoms with Gasteiger partial charge in [0.25, 0.3) is 11.7 Å². The molecule has 0 bridgehead atoms. The molecule has 0 saturated heterocycles. The molecule has 9 nitrogen and oxygen atoms in total. The van der Waals surface area contributed by atoms with Gasteiger partial charge >= 0.3 is 12.0 Å². The van der Waals surface area contributed by atoms with Crippen molar-refractivity contribution in [2.75, 3.05) is 13.1 Å². The number of carbonyl (C=O) groups is 3. The minimum absolute atomic E-state index is 0.0250. The van der Waals surface area contributed by atoms with E-state index in [9.17, 15) is 29.7 Å². The first-order valence-electron chi connectivity index (χ1n) is 9.50. The van der Waals surface area contributed by atoms with Gasteiger partial charge in [0, 0.05) is 13.0 Å². The normalized spacial score (nSPS) is 12.6. The average Bonchev–Trinajstić information content (AvgIpc) is 2.66. The zero-order valence-electron chi connectivity index (χ0n) is 16.9. The van der Waals surface area contributed by atoms with Crippen molar-refractivity contribution in [3.63, 3.8) is 0 Å². The highest BCUT2D eigenvalue weighted by molar-refractivity contribution is 5.88. The largest absolute Gasteiger partial charge is 0.480 e. The van der Waals surface area contributed by atoms with Gasteiger partial charge in [0.1, 0.15) is 6.04 Å². The first-order valence-corrected chi connectivity index (χ1v) is 9.50. The van der Waals surface area contributed by atoms with E-state index in [0.29, 0.717) is 0 Å². The number of hydrogen-bond donors (Lipinski definition) is 5. The lowest BCUT2D eigenvalue weighted by atomic mass is 9.99. The third-order valence-electron chi connectivity index (χ3n) is 4.58. The number of carboxylic acid groups (broad SMARTS) is 1. The third-order valence-corrected chi connectivity index (χ3v) is 4.58. The molecule has 2 aromatic carbocycles. The van der Waals surface area contributed by atoms with E-state index in [0.717, 1.165) is 21.2 Å². The molecule has 0 radical (unpaired) electrons. The molecule has 162 valence electrons. The summed E-state index contributed by atoms with van der Waals surface area (Å²) >= 11 is 0. The number of primary amides is 1. The number of urea groups is 1. The fourth-order valence-electron chi connectivity index (χ4n) is 3.13. The highest BCUT2D eigenvalue weighted by Crippen LogP contribution is 2.20. The molecule has 0 fully saturated rings. The predicted molar refractivity (Wildman–Crippen MR) is 110 cm³/mol. The highest BCUT2D eigenvalue weighted by atomic mass is 16.5. The van der Waals surface area contributed by atoms with Crippen LogP contribution in [0.1, 0.15) is 19.4 Å². The molecule has 30 heavy (non-hydrogen) atoms. The lowest BCUT2D eigenvalue weighted by Gasteiger charge is -2.31. The van der Waals surface area contributed by atoms with Crippen LogP contribution in [0.4, 0.5) is 4.79 Å². The zero-order chi connectivity index (χ0) is 22.5. The molecule has 2 rings (SSSR count). The molecule has 0 aliphatic heterocycles. The number of amides is 3. The number of nitrogens with zero attached hydrogens (tertiary/aromatic N) is 1. The molecule has 0 saturated carbocycles. The second-order valence-electron chi connectivity index (χ2n) is 7.64. The van der Waals surface area contributed by atoms with Crippen molar-refractivity contribution in [3.05, 3.63) is 48.0 Å². The molecule has 9 heteroatoms. The van der Waals surface area contributed by atoms with Crippen molar-refractivity contribution in [1.82, 2.24) is 10.2 Å². The summed E-state index contributed by atoms with van der Waals surface area (Å²) in [5, 5.41) is 33.4. The number of fused-ring (bicyclic) bond motifs is 1. The second-order valence-corrected chi connectivity index (χ2v) is 7.64. The summed E-state index contributed by atoms with van der Waals surface area (Å²) in [6.07, 6.45) is 0.0250. The number of hydrogen-bond acceptors (Lipinski definition) is 5. The van der Waals surface area contributed by atoms with Crippen LogP contribution < -0.4 is 11.1 Å². The lowest BCUT2D eigenvalue weighted by molar-refractivity contribution is -0.185. The molecule has 0 spiro atoms. The Morgan fingerprint density at radius 1 is 1.10 bits per heavy atom. The molecule has 1 atom stereocenters. The number of aliphatic carboxylic acids is 1. The van der Waals surface area contributed by atoms with Crippen LogP contribution in [0.25, 0.3) is 10.8 Å². The fourth-order valence-corrected chi connectivity index (χ4v) is 3.13. The van der Waals surface area contributed by atoms with Crippen LogP contribution in [0, 0.1) is 5.92 Å². The van der Waals surface area contributed by atoms with Gasteiger partial charge in [0.2, 0.25) is 0 Å². The van der Waals surface area contributed by atoms with Crippen molar-refractivity contribution < 1.29 is 29.7 Å². The van der Waals surface area contributed by atoms with Crippen molar-refractivity contribution >= 4 is 28.7 Å². The van der Waals surface area contributed by atoms with Crippen molar-refractivity contribution in [2.24, 2.45) is 11.7 Å². The van der Waals surface area contributed by atoms with Crippen LogP contribution >= 0.6 is 0 Å². The monoisotopic (exact) mass is 417 g/mol. The van der Waals surface area contributed by atoms with Crippen LogP contribution in [0.2, 0.25) is 0 Å². The molecule has 0 aromatic heterocycles. The SMILES string of the molecule is CC(C)CN(CC(O)(O)C(N)=O)C(=O)NC(Cc1cccc2ccccc12)C(=O)O. The van der Waals surface area contributed by atoms with Gasteiger partial charge in [-0.05, 0) is 22.3 Å². The van der Waals surface area contributed by atoms with Gasteiger partial charge in [-0.25, -0.2) is 9.59 Å². The third kappa shape index (κ3) is 5.91. The fraction of sp³-hybridized carbons (Fsp3) is 0.381. The van der Waals surface area contributed by atoms with Crippen LogP contribution in [-0.2, 0) is 16.0 Å². The van der Waals surface area contributed by atoms with Gasteiger partial charge < -0.3 is 31.3 Å². The summed E-state index contributed by atoms with van der Waals surface area (Å²) in [5.74, 6) is -5.66. The standard InChI is InChI=1S/C21H27N3O6/c1-13(2)11-24(12-21(29,30)19(22)27)20(28)23-17(18(25)26)10-15-8-5-7-14-6-3-4-9-16(14)15/h3-9,13,17,29-30H,10-12H2,1-2H3,(H2,22,27)(H,23,28)(H,25,26). The van der Waals surface area contributed by atoms with Crippen LogP contribution in [0.3, 0.4) is 0 Å². The van der Waals surface area contributed by atoms with E-state index in [1.807, 2.05) is 36.4 Å². The molecule has 6 N–H and O–H groups in total.